The summed E-state index contributed by atoms with van der Waals surface area (Å²) in [5.74, 6) is -0.135. The fourth-order valence-corrected chi connectivity index (χ4v) is 4.64. The van der Waals surface area contributed by atoms with Gasteiger partial charge in [0, 0.05) is 24.9 Å². The number of halogens is 3. The van der Waals surface area contributed by atoms with Crippen LogP contribution in [0.25, 0.3) is 22.7 Å². The van der Waals surface area contributed by atoms with E-state index in [2.05, 4.69) is 15.0 Å². The number of hydrogen-bond donors (Lipinski definition) is 0. The molecule has 0 aliphatic carbocycles. The quantitative estimate of drug-likeness (QED) is 0.512. The lowest BCUT2D eigenvalue weighted by atomic mass is 9.80. The van der Waals surface area contributed by atoms with E-state index >= 15 is 0 Å². The van der Waals surface area contributed by atoms with Crippen molar-refractivity contribution in [3.8, 4) is 11.5 Å². The molecular weight excluding hydrogens is 472 g/mol. The lowest BCUT2D eigenvalue weighted by Crippen LogP contribution is -2.41. The van der Waals surface area contributed by atoms with Crippen LogP contribution in [0.2, 0.25) is 0 Å². The fourth-order valence-electron chi connectivity index (χ4n) is 3.57. The Morgan fingerprint density at radius 3 is 2.24 bits per heavy atom. The number of sulfone groups is 1. The highest BCUT2D eigenvalue weighted by molar-refractivity contribution is 7.91. The molecule has 3 aromatic rings. The molecule has 0 amide bonds. The number of pyridine rings is 2. The second-order valence-electron chi connectivity index (χ2n) is 9.17. The zero-order chi connectivity index (χ0) is 25.3. The predicted molar refractivity (Wildman–Crippen MR) is 120 cm³/mol. The van der Waals surface area contributed by atoms with Crippen LogP contribution in [0.4, 0.5) is 13.2 Å². The Morgan fingerprint density at radius 2 is 1.68 bits per heavy atom. The van der Waals surface area contributed by atoms with Crippen molar-refractivity contribution in [3.63, 3.8) is 0 Å². The molecule has 0 spiro atoms. The van der Waals surface area contributed by atoms with Gasteiger partial charge in [0.25, 0.3) is 0 Å². The maximum absolute atomic E-state index is 13.1. The Morgan fingerprint density at radius 1 is 1.06 bits per heavy atom. The summed E-state index contributed by atoms with van der Waals surface area (Å²) >= 11 is 0. The molecule has 182 valence electrons. The number of rotatable bonds is 4. The first-order chi connectivity index (χ1) is 15.6. The molecule has 0 saturated carbocycles. The van der Waals surface area contributed by atoms with E-state index in [9.17, 15) is 21.6 Å². The Balaban J connectivity index is 1.87. The first-order valence-electron chi connectivity index (χ1n) is 10.6. The van der Waals surface area contributed by atoms with Gasteiger partial charge in [0.2, 0.25) is 0 Å². The van der Waals surface area contributed by atoms with Crippen LogP contribution in [-0.2, 0) is 32.4 Å². The van der Waals surface area contributed by atoms with E-state index in [1.807, 2.05) is 27.7 Å². The molecule has 1 aliphatic heterocycles. The van der Waals surface area contributed by atoms with Gasteiger partial charge in [0.15, 0.2) is 21.3 Å². The van der Waals surface area contributed by atoms with E-state index in [0.717, 1.165) is 6.07 Å². The Hall–Kier alpha value is -2.51. The summed E-state index contributed by atoms with van der Waals surface area (Å²) in [6.45, 7) is 8.99. The molecule has 1 saturated heterocycles. The smallest absolute Gasteiger partial charge is 0.399 e. The van der Waals surface area contributed by atoms with Crippen LogP contribution in [0, 0.1) is 0 Å². The maximum atomic E-state index is 13.1. The number of nitrogens with zero attached hydrogens (tertiary/aromatic N) is 4. The standard InChI is InChI=1S/C21H24BF3N4O4S/c1-7-34(30,31)15-9-13(22-32-19(2,3)20(4,5)33-22)11-26-16(15)18-28-14-8-12(21(23,24)25)10-27-17(14)29(18)6/h8-11H,7H2,1-6H3. The number of hydrogen-bond acceptors (Lipinski definition) is 7. The molecule has 0 aromatic carbocycles. The van der Waals surface area contributed by atoms with E-state index in [4.69, 9.17) is 9.31 Å². The summed E-state index contributed by atoms with van der Waals surface area (Å²) < 4.78 is 78.8. The van der Waals surface area contributed by atoms with E-state index in [1.54, 1.807) is 0 Å². The van der Waals surface area contributed by atoms with E-state index in [0.29, 0.717) is 11.7 Å². The molecular formula is C21H24BF3N4O4S. The molecule has 1 fully saturated rings. The van der Waals surface area contributed by atoms with Crippen molar-refractivity contribution in [2.24, 2.45) is 7.05 Å². The van der Waals surface area contributed by atoms with Gasteiger partial charge in [-0.25, -0.2) is 18.4 Å². The predicted octanol–water partition coefficient (Wildman–Crippen LogP) is 3.14. The van der Waals surface area contributed by atoms with Gasteiger partial charge in [-0.05, 0) is 39.8 Å². The highest BCUT2D eigenvalue weighted by Crippen LogP contribution is 2.37. The largest absolute Gasteiger partial charge is 0.496 e. The average molecular weight is 496 g/mol. The maximum Gasteiger partial charge on any atom is 0.496 e. The second-order valence-corrected chi connectivity index (χ2v) is 11.4. The number of aryl methyl sites for hydroxylation is 1. The molecule has 3 aromatic heterocycles. The molecule has 8 nitrogen and oxygen atoms in total. The van der Waals surface area contributed by atoms with Crippen LogP contribution in [0.15, 0.2) is 29.4 Å². The third kappa shape index (κ3) is 3.99. The van der Waals surface area contributed by atoms with Crippen molar-refractivity contribution in [3.05, 3.63) is 30.1 Å². The number of imidazole rings is 1. The molecule has 4 rings (SSSR count). The first kappa shape index (κ1) is 24.6. The number of fused-ring (bicyclic) bond motifs is 1. The fraction of sp³-hybridized carbons (Fsp3) is 0.476. The third-order valence-electron chi connectivity index (χ3n) is 6.36. The van der Waals surface area contributed by atoms with Gasteiger partial charge >= 0.3 is 13.3 Å². The zero-order valence-electron chi connectivity index (χ0n) is 19.6. The highest BCUT2D eigenvalue weighted by Gasteiger charge is 2.52. The van der Waals surface area contributed by atoms with Gasteiger partial charge in [-0.3, -0.25) is 4.98 Å². The van der Waals surface area contributed by atoms with Gasteiger partial charge < -0.3 is 13.9 Å². The minimum absolute atomic E-state index is 0.0103. The lowest BCUT2D eigenvalue weighted by Gasteiger charge is -2.32. The molecule has 4 heterocycles. The van der Waals surface area contributed by atoms with Gasteiger partial charge in [-0.1, -0.05) is 6.92 Å². The molecule has 34 heavy (non-hydrogen) atoms. The van der Waals surface area contributed by atoms with Gasteiger partial charge in [0.05, 0.1) is 27.4 Å². The normalized spacial score (nSPS) is 18.1. The minimum atomic E-state index is -4.59. The van der Waals surface area contributed by atoms with Gasteiger partial charge in [-0.2, -0.15) is 13.2 Å². The molecule has 0 radical (unpaired) electrons. The molecule has 1 aliphatic rings. The average Bonchev–Trinajstić information content (AvgIpc) is 3.18. The molecule has 0 atom stereocenters. The SMILES string of the molecule is CCS(=O)(=O)c1cc(B2OC(C)(C)C(C)(C)O2)cnc1-c1nc2cc(C(F)(F)F)cnc2n1C. The second kappa shape index (κ2) is 7.75. The molecule has 13 heteroatoms. The van der Waals surface area contributed by atoms with Crippen molar-refractivity contribution < 1.29 is 30.9 Å². The minimum Gasteiger partial charge on any atom is -0.399 e. The number of alkyl halides is 3. The van der Waals surface area contributed by atoms with Crippen molar-refractivity contribution in [2.75, 3.05) is 5.75 Å². The van der Waals surface area contributed by atoms with Crippen LogP contribution < -0.4 is 5.46 Å². The first-order valence-corrected chi connectivity index (χ1v) is 12.2. The summed E-state index contributed by atoms with van der Waals surface area (Å²) in [6, 6.07) is 2.30. The van der Waals surface area contributed by atoms with Crippen molar-refractivity contribution in [1.82, 2.24) is 19.5 Å². The summed E-state index contributed by atoms with van der Waals surface area (Å²) in [5.41, 5.74) is -1.67. The van der Waals surface area contributed by atoms with Crippen LogP contribution >= 0.6 is 0 Å². The summed E-state index contributed by atoms with van der Waals surface area (Å²) in [7, 11) is -3.10. The van der Waals surface area contributed by atoms with Crippen LogP contribution in [0.5, 0.6) is 0 Å². The zero-order valence-corrected chi connectivity index (χ0v) is 20.4. The van der Waals surface area contributed by atoms with Gasteiger partial charge in [-0.15, -0.1) is 0 Å². The van der Waals surface area contributed by atoms with Crippen LogP contribution in [0.1, 0.15) is 40.2 Å². The summed E-state index contributed by atoms with van der Waals surface area (Å²) in [4.78, 5) is 12.4. The van der Waals surface area contributed by atoms with Gasteiger partial charge in [0.1, 0.15) is 11.2 Å². The summed E-state index contributed by atoms with van der Waals surface area (Å²) in [5, 5.41) is 0. The Labute approximate surface area is 195 Å². The van der Waals surface area contributed by atoms with E-state index in [-0.39, 0.29) is 33.3 Å². The lowest BCUT2D eigenvalue weighted by molar-refractivity contribution is -0.137. The van der Waals surface area contributed by atoms with Crippen molar-refractivity contribution in [2.45, 2.75) is 56.9 Å². The van der Waals surface area contributed by atoms with Crippen molar-refractivity contribution in [1.29, 1.82) is 0 Å². The Bertz CT molecular complexity index is 1370. The highest BCUT2D eigenvalue weighted by atomic mass is 32.2. The molecule has 0 unspecified atom stereocenters. The summed E-state index contributed by atoms with van der Waals surface area (Å²) in [6.07, 6.45) is -2.44. The third-order valence-corrected chi connectivity index (χ3v) is 8.10. The van der Waals surface area contributed by atoms with Crippen LogP contribution in [0.3, 0.4) is 0 Å². The number of aromatic nitrogens is 4. The van der Waals surface area contributed by atoms with Crippen molar-refractivity contribution >= 4 is 33.6 Å². The monoisotopic (exact) mass is 496 g/mol. The van der Waals surface area contributed by atoms with E-state index < -0.39 is 39.9 Å². The molecule has 0 bridgehead atoms. The molecule has 0 N–H and O–H groups in total. The van der Waals surface area contributed by atoms with E-state index in [1.165, 1.54) is 30.8 Å². The Kier molecular flexibility index (Phi) is 5.61. The topological polar surface area (TPSA) is 96.2 Å². The van der Waals surface area contributed by atoms with Crippen LogP contribution in [-0.4, -0.2) is 52.0 Å².